The van der Waals surface area contributed by atoms with Crippen LogP contribution >= 0.6 is 11.3 Å². The Balaban J connectivity index is 2.04. The zero-order valence-electron chi connectivity index (χ0n) is 9.45. The van der Waals surface area contributed by atoms with Crippen molar-refractivity contribution in [2.45, 2.75) is 45.1 Å². The lowest BCUT2D eigenvalue weighted by molar-refractivity contribution is -0.116. The Morgan fingerprint density at radius 3 is 3.25 bits per heavy atom. The van der Waals surface area contributed by atoms with E-state index in [-0.39, 0.29) is 11.9 Å². The summed E-state index contributed by atoms with van der Waals surface area (Å²) >= 11 is 1.57. The quantitative estimate of drug-likeness (QED) is 0.843. The molecule has 0 spiro atoms. The highest BCUT2D eigenvalue weighted by Gasteiger charge is 2.20. The number of carbonyl (C=O) groups excluding carboxylic acids is 1. The number of carbonyl (C=O) groups is 1. The molecule has 0 fully saturated rings. The van der Waals surface area contributed by atoms with Crippen LogP contribution in [-0.4, -0.2) is 16.9 Å². The smallest absolute Gasteiger partial charge is 0.226 e. The molecule has 2 rings (SSSR count). The monoisotopic (exact) mass is 239 g/mol. The van der Waals surface area contributed by atoms with Crippen molar-refractivity contribution >= 4 is 22.4 Å². The van der Waals surface area contributed by atoms with Crippen LogP contribution in [0.15, 0.2) is 0 Å². The number of nitrogens with one attached hydrogen (secondary N) is 1. The number of rotatable bonds is 3. The van der Waals surface area contributed by atoms with Gasteiger partial charge in [0.25, 0.3) is 0 Å². The van der Waals surface area contributed by atoms with Crippen molar-refractivity contribution in [1.29, 1.82) is 0 Å². The van der Waals surface area contributed by atoms with Crippen molar-refractivity contribution in [3.05, 3.63) is 10.6 Å². The summed E-state index contributed by atoms with van der Waals surface area (Å²) in [5.41, 5.74) is 7.02. The van der Waals surface area contributed by atoms with Crippen molar-refractivity contribution in [2.75, 3.05) is 5.32 Å². The number of hydrogen-bond donors (Lipinski definition) is 2. The zero-order valence-corrected chi connectivity index (χ0v) is 10.3. The van der Waals surface area contributed by atoms with Crippen molar-refractivity contribution < 1.29 is 4.79 Å². The molecule has 1 aliphatic rings. The second kappa shape index (κ2) is 4.93. The molecule has 0 saturated carbocycles. The molecule has 88 valence electrons. The number of aryl methyl sites for hydroxylation is 1. The van der Waals surface area contributed by atoms with Gasteiger partial charge >= 0.3 is 0 Å². The topological polar surface area (TPSA) is 68.0 Å². The Hall–Kier alpha value is -0.940. The summed E-state index contributed by atoms with van der Waals surface area (Å²) in [6.07, 6.45) is 4.26. The normalized spacial score (nSPS) is 19.2. The van der Waals surface area contributed by atoms with E-state index in [1.54, 1.807) is 11.3 Å². The fraction of sp³-hybridized carbons (Fsp3) is 0.636. The molecule has 1 amide bonds. The van der Waals surface area contributed by atoms with E-state index >= 15 is 0 Å². The Bertz CT molecular complexity index is 389. The highest BCUT2D eigenvalue weighted by atomic mass is 32.1. The van der Waals surface area contributed by atoms with Gasteiger partial charge in [-0.3, -0.25) is 4.79 Å². The van der Waals surface area contributed by atoms with E-state index in [1.807, 2.05) is 6.92 Å². The van der Waals surface area contributed by atoms with Gasteiger partial charge in [0.1, 0.15) is 0 Å². The molecule has 0 aliphatic heterocycles. The number of amides is 1. The summed E-state index contributed by atoms with van der Waals surface area (Å²) in [7, 11) is 0. The number of hydrogen-bond acceptors (Lipinski definition) is 4. The molecular weight excluding hydrogens is 222 g/mol. The standard InChI is InChI=1S/C11H17N3OS/c1-2-3-10(15)14-11-13-8-5-4-7(12)6-9(8)16-11/h7H,2-6,12H2,1H3,(H,13,14,15)/t7-/m0/s1. The average molecular weight is 239 g/mol. The third kappa shape index (κ3) is 2.59. The van der Waals surface area contributed by atoms with E-state index in [4.69, 9.17) is 5.73 Å². The second-order valence-electron chi connectivity index (χ2n) is 4.19. The second-order valence-corrected chi connectivity index (χ2v) is 5.27. The lowest BCUT2D eigenvalue weighted by atomic mass is 9.99. The zero-order chi connectivity index (χ0) is 11.5. The van der Waals surface area contributed by atoms with E-state index in [1.165, 1.54) is 4.88 Å². The third-order valence-electron chi connectivity index (χ3n) is 2.70. The van der Waals surface area contributed by atoms with Crippen LogP contribution in [0.25, 0.3) is 0 Å². The van der Waals surface area contributed by atoms with Crippen LogP contribution in [0.2, 0.25) is 0 Å². The van der Waals surface area contributed by atoms with Gasteiger partial charge in [0.2, 0.25) is 5.91 Å². The van der Waals surface area contributed by atoms with E-state index in [9.17, 15) is 4.79 Å². The molecule has 1 heterocycles. The van der Waals surface area contributed by atoms with E-state index in [2.05, 4.69) is 10.3 Å². The predicted octanol–water partition coefficient (Wildman–Crippen LogP) is 1.70. The Labute approximate surface area is 99.3 Å². The molecule has 0 aromatic carbocycles. The van der Waals surface area contributed by atoms with Gasteiger partial charge in [0.15, 0.2) is 5.13 Å². The molecule has 1 atom stereocenters. The van der Waals surface area contributed by atoms with Crippen LogP contribution in [-0.2, 0) is 17.6 Å². The summed E-state index contributed by atoms with van der Waals surface area (Å²) in [5.74, 6) is 0.0536. The van der Waals surface area contributed by atoms with Crippen LogP contribution in [0.1, 0.15) is 36.8 Å². The third-order valence-corrected chi connectivity index (χ3v) is 3.74. The first kappa shape index (κ1) is 11.5. The first-order chi connectivity index (χ1) is 7.69. The summed E-state index contributed by atoms with van der Waals surface area (Å²) in [5, 5.41) is 3.58. The Morgan fingerprint density at radius 2 is 2.50 bits per heavy atom. The van der Waals surface area contributed by atoms with Gasteiger partial charge in [-0.15, -0.1) is 11.3 Å². The summed E-state index contributed by atoms with van der Waals surface area (Å²) in [4.78, 5) is 17.1. The number of nitrogens with zero attached hydrogens (tertiary/aromatic N) is 1. The predicted molar refractivity (Wildman–Crippen MR) is 65.7 cm³/mol. The van der Waals surface area contributed by atoms with Gasteiger partial charge in [-0.25, -0.2) is 4.98 Å². The highest BCUT2D eigenvalue weighted by molar-refractivity contribution is 7.15. The van der Waals surface area contributed by atoms with E-state index in [0.29, 0.717) is 6.42 Å². The Morgan fingerprint density at radius 1 is 1.69 bits per heavy atom. The molecular formula is C11H17N3OS. The minimum atomic E-state index is 0.0536. The molecule has 5 heteroatoms. The fourth-order valence-corrected chi connectivity index (χ4v) is 2.98. The van der Waals surface area contributed by atoms with Gasteiger partial charge in [0, 0.05) is 17.3 Å². The highest BCUT2D eigenvalue weighted by Crippen LogP contribution is 2.29. The maximum absolute atomic E-state index is 11.4. The van der Waals surface area contributed by atoms with E-state index in [0.717, 1.165) is 36.5 Å². The first-order valence-corrected chi connectivity index (χ1v) is 6.54. The molecule has 1 aromatic heterocycles. The molecule has 1 aromatic rings. The summed E-state index contributed by atoms with van der Waals surface area (Å²) < 4.78 is 0. The van der Waals surface area contributed by atoms with Gasteiger partial charge in [-0.05, 0) is 25.7 Å². The lowest BCUT2D eigenvalue weighted by Crippen LogP contribution is -2.27. The average Bonchev–Trinajstić information content (AvgIpc) is 2.59. The van der Waals surface area contributed by atoms with Crippen molar-refractivity contribution in [1.82, 2.24) is 4.98 Å². The molecule has 4 nitrogen and oxygen atoms in total. The van der Waals surface area contributed by atoms with Crippen LogP contribution in [0.3, 0.4) is 0 Å². The summed E-state index contributed by atoms with van der Waals surface area (Å²) in [6.45, 7) is 1.99. The largest absolute Gasteiger partial charge is 0.327 e. The molecule has 0 radical (unpaired) electrons. The maximum Gasteiger partial charge on any atom is 0.226 e. The van der Waals surface area contributed by atoms with Crippen molar-refractivity contribution in [2.24, 2.45) is 5.73 Å². The summed E-state index contributed by atoms with van der Waals surface area (Å²) in [6, 6.07) is 0.257. The molecule has 0 bridgehead atoms. The molecule has 16 heavy (non-hydrogen) atoms. The Kier molecular flexibility index (Phi) is 3.56. The van der Waals surface area contributed by atoms with Crippen LogP contribution in [0.4, 0.5) is 5.13 Å². The van der Waals surface area contributed by atoms with Gasteiger partial charge in [-0.1, -0.05) is 6.92 Å². The number of anilines is 1. The minimum Gasteiger partial charge on any atom is -0.327 e. The molecule has 0 saturated heterocycles. The van der Waals surface area contributed by atoms with E-state index < -0.39 is 0 Å². The van der Waals surface area contributed by atoms with Gasteiger partial charge < -0.3 is 11.1 Å². The van der Waals surface area contributed by atoms with Gasteiger partial charge in [0.05, 0.1) is 5.69 Å². The van der Waals surface area contributed by atoms with Crippen molar-refractivity contribution in [3.63, 3.8) is 0 Å². The number of aromatic nitrogens is 1. The van der Waals surface area contributed by atoms with Crippen LogP contribution in [0.5, 0.6) is 0 Å². The van der Waals surface area contributed by atoms with Crippen LogP contribution < -0.4 is 11.1 Å². The maximum atomic E-state index is 11.4. The number of nitrogens with two attached hydrogens (primary N) is 1. The molecule has 0 unspecified atom stereocenters. The first-order valence-electron chi connectivity index (χ1n) is 5.73. The number of fused-ring (bicyclic) bond motifs is 1. The molecule has 3 N–H and O–H groups in total. The number of thiazole rings is 1. The SMILES string of the molecule is CCCC(=O)Nc1nc2c(s1)C[C@@H](N)CC2. The van der Waals surface area contributed by atoms with Crippen LogP contribution in [0, 0.1) is 0 Å². The fourth-order valence-electron chi connectivity index (χ4n) is 1.86. The minimum absolute atomic E-state index is 0.0536. The van der Waals surface area contributed by atoms with Gasteiger partial charge in [-0.2, -0.15) is 0 Å². The molecule has 1 aliphatic carbocycles. The van der Waals surface area contributed by atoms with Crippen molar-refractivity contribution in [3.8, 4) is 0 Å². The lowest BCUT2D eigenvalue weighted by Gasteiger charge is -2.15.